The third-order valence-corrected chi connectivity index (χ3v) is 4.03. The fourth-order valence-corrected chi connectivity index (χ4v) is 2.79. The number of anilines is 1. The molecule has 0 unspecified atom stereocenters. The Labute approximate surface area is 162 Å². The van der Waals surface area contributed by atoms with Gasteiger partial charge in [0.25, 0.3) is 11.8 Å². The normalized spacial score (nSPS) is 15.6. The van der Waals surface area contributed by atoms with Gasteiger partial charge in [-0.1, -0.05) is 18.2 Å². The summed E-state index contributed by atoms with van der Waals surface area (Å²) < 4.78 is 10.9. The Balaban J connectivity index is 1.96. The van der Waals surface area contributed by atoms with Crippen LogP contribution in [0.2, 0.25) is 0 Å². The van der Waals surface area contributed by atoms with Gasteiger partial charge in [-0.2, -0.15) is 0 Å². The summed E-state index contributed by atoms with van der Waals surface area (Å²) in [5.74, 6) is -0.288. The molecule has 28 heavy (non-hydrogen) atoms. The lowest BCUT2D eigenvalue weighted by molar-refractivity contribution is -0.122. The zero-order valence-electron chi connectivity index (χ0n) is 15.6. The highest BCUT2D eigenvalue weighted by Crippen LogP contribution is 2.26. The summed E-state index contributed by atoms with van der Waals surface area (Å²) in [6.45, 7) is 4.65. The van der Waals surface area contributed by atoms with Crippen molar-refractivity contribution in [3.8, 4) is 11.5 Å². The molecule has 0 aromatic heterocycles. The molecule has 2 aromatic rings. The minimum absolute atomic E-state index is 0.152. The summed E-state index contributed by atoms with van der Waals surface area (Å²) >= 11 is 0. The molecule has 1 aliphatic rings. The molecule has 144 valence electrons. The molecule has 4 amide bonds. The number of hydrogen-bond donors (Lipinski definition) is 1. The number of ether oxygens (including phenoxy) is 2. The van der Waals surface area contributed by atoms with Crippen LogP contribution in [0, 0.1) is 0 Å². The number of amides is 4. The first-order valence-corrected chi connectivity index (χ1v) is 8.91. The number of barbiturate groups is 1. The number of carbonyl (C=O) groups excluding carboxylic acids is 3. The molecule has 1 aliphatic heterocycles. The molecular formula is C21H20N2O5. The SMILES string of the molecule is CCOc1ccc(N2C(=O)NC(=O)/C(=C\c3ccccc3OCC)C2=O)cc1. The molecule has 0 spiro atoms. The van der Waals surface area contributed by atoms with Crippen LogP contribution in [0.15, 0.2) is 54.1 Å². The number of rotatable bonds is 6. The summed E-state index contributed by atoms with van der Waals surface area (Å²) in [6, 6.07) is 12.7. The Morgan fingerprint density at radius 2 is 1.61 bits per heavy atom. The number of para-hydroxylation sites is 1. The molecule has 0 atom stereocenters. The lowest BCUT2D eigenvalue weighted by atomic mass is 10.1. The standard InChI is InChI=1S/C21H20N2O5/c1-3-27-16-11-9-15(10-12-16)23-20(25)17(19(24)22-21(23)26)13-14-7-5-6-8-18(14)28-4-2/h5-13H,3-4H2,1-2H3,(H,22,24,26)/b17-13+. The van der Waals surface area contributed by atoms with E-state index in [1.807, 2.05) is 13.8 Å². The van der Waals surface area contributed by atoms with Crippen LogP contribution in [0.4, 0.5) is 10.5 Å². The zero-order valence-corrected chi connectivity index (χ0v) is 15.6. The summed E-state index contributed by atoms with van der Waals surface area (Å²) in [6.07, 6.45) is 1.43. The van der Waals surface area contributed by atoms with Crippen molar-refractivity contribution >= 4 is 29.6 Å². The van der Waals surface area contributed by atoms with Gasteiger partial charge >= 0.3 is 6.03 Å². The van der Waals surface area contributed by atoms with Crippen LogP contribution in [-0.4, -0.2) is 31.1 Å². The molecular weight excluding hydrogens is 360 g/mol. The summed E-state index contributed by atoms with van der Waals surface area (Å²) in [5.41, 5.74) is 0.756. The Bertz CT molecular complexity index is 934. The Kier molecular flexibility index (Phi) is 5.74. The minimum Gasteiger partial charge on any atom is -0.494 e. The van der Waals surface area contributed by atoms with Gasteiger partial charge in [0, 0.05) is 5.56 Å². The second kappa shape index (κ2) is 8.39. The number of nitrogens with one attached hydrogen (secondary N) is 1. The second-order valence-electron chi connectivity index (χ2n) is 5.86. The molecule has 0 saturated carbocycles. The van der Waals surface area contributed by atoms with E-state index >= 15 is 0 Å². The molecule has 3 rings (SSSR count). The lowest BCUT2D eigenvalue weighted by Gasteiger charge is -2.26. The molecule has 0 radical (unpaired) electrons. The monoisotopic (exact) mass is 380 g/mol. The number of urea groups is 1. The number of nitrogens with zero attached hydrogens (tertiary/aromatic N) is 1. The molecule has 1 saturated heterocycles. The quantitative estimate of drug-likeness (QED) is 0.615. The van der Waals surface area contributed by atoms with Gasteiger partial charge in [-0.05, 0) is 50.3 Å². The van der Waals surface area contributed by atoms with E-state index in [1.165, 1.54) is 6.08 Å². The average molecular weight is 380 g/mol. The predicted molar refractivity (Wildman–Crippen MR) is 104 cm³/mol. The second-order valence-corrected chi connectivity index (χ2v) is 5.86. The van der Waals surface area contributed by atoms with Crippen molar-refractivity contribution in [3.05, 3.63) is 59.7 Å². The number of imide groups is 2. The maximum atomic E-state index is 12.9. The fraction of sp³-hybridized carbons (Fsp3) is 0.190. The molecule has 1 heterocycles. The van der Waals surface area contributed by atoms with Crippen LogP contribution in [-0.2, 0) is 9.59 Å². The number of hydrogen-bond acceptors (Lipinski definition) is 5. The molecule has 2 aromatic carbocycles. The smallest absolute Gasteiger partial charge is 0.335 e. The van der Waals surface area contributed by atoms with E-state index in [4.69, 9.17) is 9.47 Å². The van der Waals surface area contributed by atoms with Gasteiger partial charge in [0.1, 0.15) is 17.1 Å². The first-order valence-electron chi connectivity index (χ1n) is 8.91. The van der Waals surface area contributed by atoms with Gasteiger partial charge in [0.15, 0.2) is 0 Å². The molecule has 0 aliphatic carbocycles. The summed E-state index contributed by atoms with van der Waals surface area (Å²) in [5, 5.41) is 2.21. The van der Waals surface area contributed by atoms with Crippen molar-refractivity contribution in [3.63, 3.8) is 0 Å². The van der Waals surface area contributed by atoms with E-state index < -0.39 is 17.8 Å². The Hall–Kier alpha value is -3.61. The first kappa shape index (κ1) is 19.2. The first-order chi connectivity index (χ1) is 13.5. The Morgan fingerprint density at radius 3 is 2.29 bits per heavy atom. The van der Waals surface area contributed by atoms with E-state index in [2.05, 4.69) is 5.32 Å². The molecule has 7 nitrogen and oxygen atoms in total. The lowest BCUT2D eigenvalue weighted by Crippen LogP contribution is -2.54. The maximum Gasteiger partial charge on any atom is 0.335 e. The van der Waals surface area contributed by atoms with E-state index in [9.17, 15) is 14.4 Å². The van der Waals surface area contributed by atoms with Crippen molar-refractivity contribution in [1.82, 2.24) is 5.32 Å². The molecule has 1 fully saturated rings. The van der Waals surface area contributed by atoms with Gasteiger partial charge in [-0.25, -0.2) is 9.69 Å². The highest BCUT2D eigenvalue weighted by atomic mass is 16.5. The van der Waals surface area contributed by atoms with Crippen LogP contribution in [0.5, 0.6) is 11.5 Å². The molecule has 7 heteroatoms. The van der Waals surface area contributed by atoms with E-state index in [0.29, 0.717) is 36.0 Å². The van der Waals surface area contributed by atoms with Crippen LogP contribution < -0.4 is 19.7 Å². The minimum atomic E-state index is -0.797. The van der Waals surface area contributed by atoms with Crippen LogP contribution in [0.1, 0.15) is 19.4 Å². The van der Waals surface area contributed by atoms with E-state index in [-0.39, 0.29) is 5.57 Å². The zero-order chi connectivity index (χ0) is 20.1. The number of benzene rings is 2. The van der Waals surface area contributed by atoms with Gasteiger partial charge in [-0.15, -0.1) is 0 Å². The molecule has 1 N–H and O–H groups in total. The average Bonchev–Trinajstić information content (AvgIpc) is 2.68. The van der Waals surface area contributed by atoms with Crippen molar-refractivity contribution in [1.29, 1.82) is 0 Å². The van der Waals surface area contributed by atoms with E-state index in [0.717, 1.165) is 4.90 Å². The number of carbonyl (C=O) groups is 3. The van der Waals surface area contributed by atoms with Gasteiger partial charge in [0.05, 0.1) is 18.9 Å². The summed E-state index contributed by atoms with van der Waals surface area (Å²) in [4.78, 5) is 38.4. The highest BCUT2D eigenvalue weighted by molar-refractivity contribution is 6.39. The van der Waals surface area contributed by atoms with Crippen molar-refractivity contribution in [2.24, 2.45) is 0 Å². The third-order valence-electron chi connectivity index (χ3n) is 4.03. The summed E-state index contributed by atoms with van der Waals surface area (Å²) in [7, 11) is 0. The maximum absolute atomic E-state index is 12.9. The van der Waals surface area contributed by atoms with Gasteiger partial charge < -0.3 is 9.47 Å². The van der Waals surface area contributed by atoms with Crippen LogP contribution in [0.3, 0.4) is 0 Å². The fourth-order valence-electron chi connectivity index (χ4n) is 2.79. The van der Waals surface area contributed by atoms with Crippen molar-refractivity contribution in [2.45, 2.75) is 13.8 Å². The topological polar surface area (TPSA) is 84.9 Å². The predicted octanol–water partition coefficient (Wildman–Crippen LogP) is 3.15. The van der Waals surface area contributed by atoms with Gasteiger partial charge in [-0.3, -0.25) is 14.9 Å². The van der Waals surface area contributed by atoms with Crippen LogP contribution in [0.25, 0.3) is 6.08 Å². The largest absolute Gasteiger partial charge is 0.494 e. The van der Waals surface area contributed by atoms with Gasteiger partial charge in [0.2, 0.25) is 0 Å². The van der Waals surface area contributed by atoms with Crippen LogP contribution >= 0.6 is 0 Å². The van der Waals surface area contributed by atoms with Crippen molar-refractivity contribution in [2.75, 3.05) is 18.1 Å². The van der Waals surface area contributed by atoms with E-state index in [1.54, 1.807) is 48.5 Å². The highest BCUT2D eigenvalue weighted by Gasteiger charge is 2.36. The molecule has 0 bridgehead atoms. The Morgan fingerprint density at radius 1 is 0.929 bits per heavy atom. The third kappa shape index (κ3) is 3.88. The van der Waals surface area contributed by atoms with Crippen molar-refractivity contribution < 1.29 is 23.9 Å².